The second-order valence-electron chi connectivity index (χ2n) is 19.7. The van der Waals surface area contributed by atoms with Crippen molar-refractivity contribution in [3.63, 3.8) is 0 Å². The summed E-state index contributed by atoms with van der Waals surface area (Å²) in [6.45, 7) is 9.26. The topological polar surface area (TPSA) is 0 Å². The third-order valence-electron chi connectivity index (χ3n) is 14.6. The monoisotopic (exact) mass is 1080 g/mol. The first-order chi connectivity index (χ1) is 32.1. The van der Waals surface area contributed by atoms with Gasteiger partial charge in [-0.1, -0.05) is 0 Å². The van der Waals surface area contributed by atoms with Gasteiger partial charge in [0.05, 0.1) is 0 Å². The molecule has 0 spiro atoms. The molecule has 2 aliphatic carbocycles. The summed E-state index contributed by atoms with van der Waals surface area (Å²) >= 11 is -6.15. The molecular formula is C62H55Cl2HfSi. The summed E-state index contributed by atoms with van der Waals surface area (Å²) in [5, 5.41) is 2.90. The summed E-state index contributed by atoms with van der Waals surface area (Å²) < 4.78 is 0.722. The molecule has 3 aliphatic rings. The van der Waals surface area contributed by atoms with E-state index in [0.717, 1.165) is 12.8 Å². The molecule has 0 N–H and O–H groups in total. The summed E-state index contributed by atoms with van der Waals surface area (Å²) in [6.07, 6.45) is 6.99. The molecule has 2 unspecified atom stereocenters. The first-order valence-corrected chi connectivity index (χ1v) is 40.1. The minimum atomic E-state index is -6.15. The fourth-order valence-electron chi connectivity index (χ4n) is 12.1. The predicted octanol–water partition coefficient (Wildman–Crippen LogP) is 14.7. The number of hydrogen-bond acceptors (Lipinski definition) is 0. The molecule has 0 radical (unpaired) electrons. The van der Waals surface area contributed by atoms with E-state index in [9.17, 15) is 17.2 Å². The molecule has 0 nitrogen and oxygen atoms in total. The van der Waals surface area contributed by atoms with Crippen LogP contribution in [0.25, 0.3) is 56.7 Å². The van der Waals surface area contributed by atoms with Gasteiger partial charge in [0.25, 0.3) is 0 Å². The number of rotatable bonds is 11. The molecule has 0 saturated heterocycles. The number of halogens is 2. The fraction of sp³-hybridized carbons (Fsp3) is 0.161. The summed E-state index contributed by atoms with van der Waals surface area (Å²) in [4.78, 5) is 0. The minimum absolute atomic E-state index is 0.260. The second kappa shape index (κ2) is 17.2. The van der Waals surface area contributed by atoms with Crippen molar-refractivity contribution in [3.8, 4) is 33.4 Å². The van der Waals surface area contributed by atoms with Gasteiger partial charge in [-0.3, -0.25) is 0 Å². The van der Waals surface area contributed by atoms with E-state index >= 15 is 0 Å². The molecule has 2 atom stereocenters. The first kappa shape index (κ1) is 43.5. The molecule has 325 valence electrons. The van der Waals surface area contributed by atoms with E-state index in [4.69, 9.17) is 0 Å². The quantitative estimate of drug-likeness (QED) is 0.113. The molecule has 8 aromatic carbocycles. The Morgan fingerprint density at radius 1 is 0.424 bits per heavy atom. The molecule has 4 heteroatoms. The van der Waals surface area contributed by atoms with Gasteiger partial charge in [-0.15, -0.1) is 0 Å². The zero-order valence-electron chi connectivity index (χ0n) is 38.2. The Hall–Kier alpha value is -5.09. The van der Waals surface area contributed by atoms with E-state index in [1.54, 1.807) is 0 Å². The number of benzene rings is 8. The Labute approximate surface area is 402 Å². The average molecular weight is 1080 g/mol. The van der Waals surface area contributed by atoms with Crippen LogP contribution in [0.4, 0.5) is 0 Å². The third kappa shape index (κ3) is 7.18. The molecule has 0 amide bonds. The molecule has 0 fully saturated rings. The molecule has 1 heterocycles. The molecule has 1 aliphatic heterocycles. The molecule has 0 aromatic heterocycles. The van der Waals surface area contributed by atoms with Crippen molar-refractivity contribution in [2.45, 2.75) is 47.9 Å². The maximum absolute atomic E-state index is 9.63. The maximum atomic E-state index is 9.63. The van der Waals surface area contributed by atoms with Crippen LogP contribution in [0.3, 0.4) is 0 Å². The van der Waals surface area contributed by atoms with Crippen LogP contribution in [0.2, 0.25) is 0 Å². The Morgan fingerprint density at radius 2 is 0.833 bits per heavy atom. The van der Waals surface area contributed by atoms with Gasteiger partial charge in [0, 0.05) is 0 Å². The summed E-state index contributed by atoms with van der Waals surface area (Å²) in [5.41, 5.74) is 20.3. The van der Waals surface area contributed by atoms with Gasteiger partial charge in [-0.25, -0.2) is 0 Å². The molecule has 8 aromatic rings. The van der Waals surface area contributed by atoms with Crippen molar-refractivity contribution in [1.82, 2.24) is 0 Å². The van der Waals surface area contributed by atoms with E-state index in [1.807, 2.05) is 0 Å². The van der Waals surface area contributed by atoms with Crippen LogP contribution < -0.4 is 13.7 Å². The van der Waals surface area contributed by atoms with Gasteiger partial charge < -0.3 is 0 Å². The van der Waals surface area contributed by atoms with Crippen LogP contribution in [0.1, 0.15) is 79.6 Å². The van der Waals surface area contributed by atoms with Gasteiger partial charge in [-0.05, 0) is 0 Å². The van der Waals surface area contributed by atoms with E-state index in [2.05, 4.69) is 228 Å². The van der Waals surface area contributed by atoms with Gasteiger partial charge >= 0.3 is 405 Å². The number of fused-ring (bicyclic) bond motifs is 5. The summed E-state index contributed by atoms with van der Waals surface area (Å²) in [6, 6.07) is 70.1. The van der Waals surface area contributed by atoms with Crippen molar-refractivity contribution in [3.05, 3.63) is 233 Å². The van der Waals surface area contributed by atoms with E-state index in [-0.39, 0.29) is 7.35 Å². The van der Waals surface area contributed by atoms with Crippen LogP contribution in [0, 0.1) is 11.8 Å². The molecule has 11 rings (SSSR count). The second-order valence-corrected chi connectivity index (χ2v) is 50.8. The SMILES string of the molecule is CC(C)Cc1ccccc1-c1cccc2c1C=C(c1ccccc1)[CH]2[Hf]([Cl])([Cl])([c]1cccc2c1[SiH2]c1ccccc1-2)[CH]1C(c2ccccc2)=Cc2c(-c3ccccc3CC(C)C)cccc21. The van der Waals surface area contributed by atoms with Crippen molar-refractivity contribution in [1.29, 1.82) is 0 Å². The Morgan fingerprint density at radius 3 is 1.33 bits per heavy atom. The van der Waals surface area contributed by atoms with E-state index in [0.29, 0.717) is 11.8 Å². The predicted molar refractivity (Wildman–Crippen MR) is 286 cm³/mol. The van der Waals surface area contributed by atoms with Crippen LogP contribution in [0.5, 0.6) is 0 Å². The molecular weight excluding hydrogens is 1020 g/mol. The van der Waals surface area contributed by atoms with Crippen LogP contribution in [0.15, 0.2) is 188 Å². The van der Waals surface area contributed by atoms with Gasteiger partial charge in [-0.2, -0.15) is 0 Å². The molecule has 0 saturated carbocycles. The summed E-state index contributed by atoms with van der Waals surface area (Å²) in [7, 11) is 18.3. The van der Waals surface area contributed by atoms with Gasteiger partial charge in [0.2, 0.25) is 0 Å². The van der Waals surface area contributed by atoms with Crippen LogP contribution in [-0.2, 0) is 29.0 Å². The Balaban J connectivity index is 1.26. The third-order valence-corrected chi connectivity index (χ3v) is 45.9. The summed E-state index contributed by atoms with van der Waals surface area (Å²) in [5.74, 6) is 1.04. The van der Waals surface area contributed by atoms with Gasteiger partial charge in [0.1, 0.15) is 0 Å². The zero-order valence-corrected chi connectivity index (χ0v) is 44.8. The number of allylic oxidation sites excluding steroid dienone is 2. The van der Waals surface area contributed by atoms with Crippen LogP contribution >= 0.6 is 17.2 Å². The number of hydrogen-bond donors (Lipinski definition) is 0. The first-order valence-electron chi connectivity index (χ1n) is 23.8. The van der Waals surface area contributed by atoms with Crippen molar-refractivity contribution < 1.29 is 16.1 Å². The van der Waals surface area contributed by atoms with Crippen molar-refractivity contribution in [2.24, 2.45) is 11.8 Å². The van der Waals surface area contributed by atoms with Crippen molar-refractivity contribution >= 4 is 63.7 Å². The molecule has 0 bridgehead atoms. The van der Waals surface area contributed by atoms with E-state index < -0.39 is 25.7 Å². The van der Waals surface area contributed by atoms with Crippen molar-refractivity contribution in [2.75, 3.05) is 0 Å². The van der Waals surface area contributed by atoms with Gasteiger partial charge in [0.15, 0.2) is 0 Å². The standard InChI is InChI=1S/2C25H23.C12H9Si.2ClH.Hf/c2*1-18(2)15-20-11-6-7-13-23(20)24-14-8-12-21-16-22(17-25(21)24)19-9-4-3-5-10-19;1-3-7-11-9(5-1)10-6-2-4-8-12(10)13-11;;;/h2*3-14,16-18H,15H2,1-2H3;1-7H,13H2;2*1H;/q;;;;;+2/p-2. The Bertz CT molecular complexity index is 3070. The average Bonchev–Trinajstić information content (AvgIpc) is 4.05. The molecule has 66 heavy (non-hydrogen) atoms. The zero-order chi connectivity index (χ0) is 45.2. The Kier molecular flexibility index (Phi) is 11.3. The normalized spacial score (nSPS) is 16.9. The van der Waals surface area contributed by atoms with E-state index in [1.165, 1.54) is 103 Å². The van der Waals surface area contributed by atoms with Crippen LogP contribution in [-0.4, -0.2) is 9.52 Å². The fourth-order valence-corrected chi connectivity index (χ4v) is 49.8.